The molecule has 3 aromatic heterocycles. The Labute approximate surface area is 220 Å². The molecule has 12 heteroatoms. The van der Waals surface area contributed by atoms with Gasteiger partial charge in [0.05, 0.1) is 40.4 Å². The molecule has 0 bridgehead atoms. The Morgan fingerprint density at radius 2 is 2.05 bits per heavy atom. The molecule has 5 heterocycles. The molecule has 2 fully saturated rings. The molecule has 2 amide bonds. The lowest BCUT2D eigenvalue weighted by atomic mass is 10.1. The number of ether oxygens (including phenoxy) is 1. The molecular weight excluding hydrogens is 514 g/mol. The normalized spacial score (nSPS) is 20.2. The van der Waals surface area contributed by atoms with E-state index < -0.39 is 0 Å². The largest absolute Gasteiger partial charge is 0.418 e. The van der Waals surface area contributed by atoms with Crippen molar-refractivity contribution in [1.82, 2.24) is 30.2 Å². The van der Waals surface area contributed by atoms with Crippen molar-refractivity contribution in [3.8, 4) is 11.8 Å². The van der Waals surface area contributed by atoms with E-state index >= 15 is 0 Å². The molecule has 1 saturated carbocycles. The third kappa shape index (κ3) is 3.75. The van der Waals surface area contributed by atoms with E-state index in [0.29, 0.717) is 41.1 Å². The Morgan fingerprint density at radius 1 is 1.19 bits per heavy atom. The molecule has 0 radical (unpaired) electrons. The van der Waals surface area contributed by atoms with E-state index in [1.54, 1.807) is 6.20 Å². The average Bonchev–Trinajstić information content (AvgIpc) is 3.52. The van der Waals surface area contributed by atoms with Crippen molar-refractivity contribution in [2.45, 2.75) is 38.8 Å². The first-order valence-corrected chi connectivity index (χ1v) is 13.4. The summed E-state index contributed by atoms with van der Waals surface area (Å²) in [4.78, 5) is 45.6. The second kappa shape index (κ2) is 8.22. The number of anilines is 1. The summed E-state index contributed by atoms with van der Waals surface area (Å²) in [7, 11) is 0. The van der Waals surface area contributed by atoms with Crippen LogP contribution in [0.1, 0.15) is 41.4 Å². The second-order valence-electron chi connectivity index (χ2n) is 9.90. The SMILES string of the molecule is C[C@@H]1CNc2c(sc3ccc4nc(Oc5nc(Cl)ncc5CN5CCC6(CC6)C5=O)cnc4c23)C(=O)N1. The standard InChI is InChI=1S/C25H22ClN7O3S/c1-12-8-27-19-17-15(37-20(19)21(34)30-12)3-2-14-18(17)28-10-16(31-14)36-22-13(9-29-24(26)32-22)11-33-7-6-25(4-5-25)23(33)35/h2-3,9-10,12,27H,4-8,11H2,1H3,(H,30,34)/t12-/m1/s1. The Kier molecular flexibility index (Phi) is 5.02. The van der Waals surface area contributed by atoms with Crippen LogP contribution >= 0.6 is 22.9 Å². The van der Waals surface area contributed by atoms with Gasteiger partial charge in [0, 0.05) is 35.4 Å². The van der Waals surface area contributed by atoms with Crippen LogP contribution in [0.15, 0.2) is 24.5 Å². The van der Waals surface area contributed by atoms with Gasteiger partial charge in [0.25, 0.3) is 5.91 Å². The summed E-state index contributed by atoms with van der Waals surface area (Å²) in [5.74, 6) is 0.590. The first kappa shape index (κ1) is 22.6. The van der Waals surface area contributed by atoms with Gasteiger partial charge in [-0.05, 0) is 49.9 Å². The minimum atomic E-state index is -0.142. The number of nitrogens with zero attached hydrogens (tertiary/aromatic N) is 5. The first-order valence-electron chi connectivity index (χ1n) is 12.2. The van der Waals surface area contributed by atoms with Crippen LogP contribution in [0.4, 0.5) is 5.69 Å². The van der Waals surface area contributed by atoms with Crippen LogP contribution in [-0.2, 0) is 11.3 Å². The van der Waals surface area contributed by atoms with E-state index in [4.69, 9.17) is 16.3 Å². The number of thiophene rings is 1. The number of halogens is 1. The highest BCUT2D eigenvalue weighted by molar-refractivity contribution is 7.21. The molecule has 188 valence electrons. The highest BCUT2D eigenvalue weighted by Crippen LogP contribution is 2.54. The van der Waals surface area contributed by atoms with Crippen LogP contribution in [0, 0.1) is 5.41 Å². The van der Waals surface area contributed by atoms with Gasteiger partial charge in [0.15, 0.2) is 0 Å². The number of likely N-dealkylation sites (tertiary alicyclic amines) is 1. The number of nitrogens with one attached hydrogen (secondary N) is 2. The van der Waals surface area contributed by atoms with Gasteiger partial charge in [-0.3, -0.25) is 9.59 Å². The molecular formula is C25H22ClN7O3S. The van der Waals surface area contributed by atoms with E-state index in [1.807, 2.05) is 24.0 Å². The molecule has 1 aliphatic carbocycles. The fraction of sp³-hybridized carbons (Fsp3) is 0.360. The third-order valence-electron chi connectivity index (χ3n) is 7.32. The molecule has 2 aliphatic heterocycles. The monoisotopic (exact) mass is 535 g/mol. The quantitative estimate of drug-likeness (QED) is 0.374. The lowest BCUT2D eigenvalue weighted by molar-refractivity contribution is -0.132. The minimum absolute atomic E-state index is 0.0164. The minimum Gasteiger partial charge on any atom is -0.418 e. The number of carbonyl (C=O) groups excluding carboxylic acids is 2. The van der Waals surface area contributed by atoms with E-state index in [2.05, 4.69) is 30.6 Å². The molecule has 37 heavy (non-hydrogen) atoms. The number of hydrogen-bond donors (Lipinski definition) is 2. The van der Waals surface area contributed by atoms with Crippen LogP contribution in [0.5, 0.6) is 11.8 Å². The van der Waals surface area contributed by atoms with E-state index in [0.717, 1.165) is 35.0 Å². The Morgan fingerprint density at radius 3 is 2.86 bits per heavy atom. The summed E-state index contributed by atoms with van der Waals surface area (Å²) in [5, 5.41) is 7.31. The molecule has 7 rings (SSSR count). The maximum Gasteiger partial charge on any atom is 0.263 e. The van der Waals surface area contributed by atoms with Crippen LogP contribution in [0.25, 0.3) is 21.1 Å². The number of aromatic nitrogens is 4. The van der Waals surface area contributed by atoms with Crippen LogP contribution in [-0.4, -0.2) is 55.8 Å². The number of hydrogen-bond acceptors (Lipinski definition) is 9. The van der Waals surface area contributed by atoms with Gasteiger partial charge in [-0.15, -0.1) is 11.3 Å². The summed E-state index contributed by atoms with van der Waals surface area (Å²) in [6.07, 6.45) is 5.95. The summed E-state index contributed by atoms with van der Waals surface area (Å²) in [5.41, 5.74) is 2.59. The van der Waals surface area contributed by atoms with Crippen molar-refractivity contribution in [3.05, 3.63) is 40.3 Å². The second-order valence-corrected chi connectivity index (χ2v) is 11.3. The smallest absolute Gasteiger partial charge is 0.263 e. The summed E-state index contributed by atoms with van der Waals surface area (Å²) >= 11 is 7.51. The predicted octanol–water partition coefficient (Wildman–Crippen LogP) is 4.14. The fourth-order valence-electron chi connectivity index (χ4n) is 5.16. The topological polar surface area (TPSA) is 122 Å². The molecule has 1 saturated heterocycles. The zero-order valence-corrected chi connectivity index (χ0v) is 21.4. The molecule has 10 nitrogen and oxygen atoms in total. The van der Waals surface area contributed by atoms with Crippen molar-refractivity contribution < 1.29 is 14.3 Å². The third-order valence-corrected chi connectivity index (χ3v) is 8.66. The molecule has 1 spiro atoms. The van der Waals surface area contributed by atoms with Gasteiger partial charge < -0.3 is 20.3 Å². The lowest BCUT2D eigenvalue weighted by Gasteiger charge is -2.18. The maximum atomic E-state index is 12.8. The molecule has 4 aromatic rings. The van der Waals surface area contributed by atoms with E-state index in [1.165, 1.54) is 17.5 Å². The van der Waals surface area contributed by atoms with E-state index in [-0.39, 0.29) is 40.3 Å². The number of fused-ring (bicyclic) bond motifs is 5. The van der Waals surface area contributed by atoms with Crippen molar-refractivity contribution in [2.24, 2.45) is 5.41 Å². The zero-order valence-electron chi connectivity index (χ0n) is 19.9. The summed E-state index contributed by atoms with van der Waals surface area (Å²) in [6, 6.07) is 3.82. The Balaban J connectivity index is 1.22. The zero-order chi connectivity index (χ0) is 25.3. The molecule has 2 N–H and O–H groups in total. The van der Waals surface area contributed by atoms with Gasteiger partial charge in [0.1, 0.15) is 4.88 Å². The van der Waals surface area contributed by atoms with Crippen LogP contribution < -0.4 is 15.4 Å². The van der Waals surface area contributed by atoms with Gasteiger partial charge in [-0.1, -0.05) is 0 Å². The number of amides is 2. The summed E-state index contributed by atoms with van der Waals surface area (Å²) < 4.78 is 6.99. The average molecular weight is 536 g/mol. The number of benzene rings is 1. The van der Waals surface area contributed by atoms with Crippen molar-refractivity contribution in [2.75, 3.05) is 18.4 Å². The lowest BCUT2D eigenvalue weighted by Crippen LogP contribution is -2.34. The highest BCUT2D eigenvalue weighted by Gasteiger charge is 2.55. The van der Waals surface area contributed by atoms with Crippen LogP contribution in [0.2, 0.25) is 5.28 Å². The van der Waals surface area contributed by atoms with Crippen molar-refractivity contribution in [3.63, 3.8) is 0 Å². The van der Waals surface area contributed by atoms with Crippen molar-refractivity contribution >= 4 is 61.6 Å². The van der Waals surface area contributed by atoms with Crippen LogP contribution in [0.3, 0.4) is 0 Å². The fourth-order valence-corrected chi connectivity index (χ4v) is 6.37. The molecule has 1 atom stereocenters. The summed E-state index contributed by atoms with van der Waals surface area (Å²) in [6.45, 7) is 3.64. The maximum absolute atomic E-state index is 12.8. The number of rotatable bonds is 4. The Hall–Kier alpha value is -3.57. The number of carbonyl (C=O) groups is 2. The molecule has 0 unspecified atom stereocenters. The highest BCUT2D eigenvalue weighted by atomic mass is 35.5. The molecule has 3 aliphatic rings. The van der Waals surface area contributed by atoms with Gasteiger partial charge in [-0.25, -0.2) is 15.0 Å². The first-order chi connectivity index (χ1) is 17.9. The molecule has 1 aromatic carbocycles. The predicted molar refractivity (Wildman–Crippen MR) is 139 cm³/mol. The van der Waals surface area contributed by atoms with Gasteiger partial charge >= 0.3 is 0 Å². The van der Waals surface area contributed by atoms with Crippen molar-refractivity contribution in [1.29, 1.82) is 0 Å². The Bertz CT molecular complexity index is 1620. The van der Waals surface area contributed by atoms with Gasteiger partial charge in [0.2, 0.25) is 23.0 Å². The van der Waals surface area contributed by atoms with E-state index in [9.17, 15) is 9.59 Å². The van der Waals surface area contributed by atoms with Gasteiger partial charge in [-0.2, -0.15) is 4.98 Å².